The van der Waals surface area contributed by atoms with E-state index in [9.17, 15) is 0 Å². The molecule has 11 rings (SSSR count). The summed E-state index contributed by atoms with van der Waals surface area (Å²) in [7, 11) is 0. The van der Waals surface area contributed by atoms with Gasteiger partial charge in [-0.3, -0.25) is 0 Å². The van der Waals surface area contributed by atoms with Gasteiger partial charge in [0.2, 0.25) is 0 Å². The number of nitrogens with zero attached hydrogens (tertiary/aromatic N) is 3. The van der Waals surface area contributed by atoms with Gasteiger partial charge in [-0.05, 0) is 75.1 Å². The van der Waals surface area contributed by atoms with Crippen LogP contribution >= 0.6 is 0 Å². The van der Waals surface area contributed by atoms with Crippen molar-refractivity contribution in [2.75, 3.05) is 0 Å². The Bertz CT molecular complexity index is 3530. The summed E-state index contributed by atoms with van der Waals surface area (Å²) in [5.74, 6) is 0.786. The molecule has 0 spiro atoms. The van der Waals surface area contributed by atoms with Crippen molar-refractivity contribution in [1.82, 2.24) is 4.57 Å². The monoisotopic (exact) mass is 756 g/mol. The van der Waals surface area contributed by atoms with Crippen molar-refractivity contribution in [3.63, 3.8) is 0 Å². The van der Waals surface area contributed by atoms with E-state index in [1.54, 1.807) is 0 Å². The van der Waals surface area contributed by atoms with Crippen molar-refractivity contribution in [1.29, 1.82) is 0 Å². The summed E-state index contributed by atoms with van der Waals surface area (Å²) in [5.41, 5.74) is 16.8. The molecule has 0 fully saturated rings. The average Bonchev–Trinajstić information content (AvgIpc) is 3.85. The number of amidine groups is 2. The van der Waals surface area contributed by atoms with Crippen molar-refractivity contribution in [3.05, 3.63) is 217 Å². The Labute approximate surface area is 340 Å². The zero-order valence-electron chi connectivity index (χ0n) is 32.0. The van der Waals surface area contributed by atoms with Crippen molar-refractivity contribution in [2.45, 2.75) is 0 Å². The molecule has 2 aromatic heterocycles. The summed E-state index contributed by atoms with van der Waals surface area (Å²) in [6, 6.07) is 67.0. The van der Waals surface area contributed by atoms with E-state index in [2.05, 4.69) is 145 Å². The molecule has 59 heavy (non-hydrogen) atoms. The lowest BCUT2D eigenvalue weighted by Crippen LogP contribution is -2.16. The number of aromatic nitrogens is 1. The predicted molar refractivity (Wildman–Crippen MR) is 248 cm³/mol. The standard InChI is InChI=1S/C54H36N4O/c1-34(38-18-11-19-40(31-38)35-13-3-2-4-14-35)56-54(57-53(55)41-26-25-36-15-5-6-17-39(36)32-41)42-27-29-44-45-22-12-24-49(52(45)59-50(44)33-42)58-47-23-10-9-21-46(47)51-43-20-8-7-16-37(43)28-30-48(51)58/h2-33H,1H2,(H2,55,56,57). The number of nitrogens with two attached hydrogens (primary N) is 1. The third-order valence-corrected chi connectivity index (χ3v) is 11.4. The number of rotatable bonds is 6. The number of para-hydroxylation sites is 2. The van der Waals surface area contributed by atoms with Crippen molar-refractivity contribution >= 4 is 82.7 Å². The first kappa shape index (κ1) is 34.2. The van der Waals surface area contributed by atoms with Gasteiger partial charge in [0, 0.05) is 38.2 Å². The first-order chi connectivity index (χ1) is 29.1. The van der Waals surface area contributed by atoms with Crippen LogP contribution in [0.4, 0.5) is 0 Å². The molecule has 5 heteroatoms. The van der Waals surface area contributed by atoms with Crippen LogP contribution in [0.3, 0.4) is 0 Å². The number of hydrogen-bond donors (Lipinski definition) is 1. The molecule has 2 heterocycles. The van der Waals surface area contributed by atoms with Crippen LogP contribution < -0.4 is 5.73 Å². The molecule has 0 saturated heterocycles. The highest BCUT2D eigenvalue weighted by molar-refractivity contribution is 6.22. The lowest BCUT2D eigenvalue weighted by Gasteiger charge is -2.09. The molecule has 0 atom stereocenters. The second-order valence-corrected chi connectivity index (χ2v) is 14.9. The molecule has 0 saturated carbocycles. The molecular weight excluding hydrogens is 721 g/mol. The van der Waals surface area contributed by atoms with E-state index >= 15 is 0 Å². The number of benzene rings is 9. The van der Waals surface area contributed by atoms with Crippen LogP contribution in [0.25, 0.3) is 87.8 Å². The molecular formula is C54H36N4O. The molecule has 0 aliphatic rings. The van der Waals surface area contributed by atoms with Crippen LogP contribution in [0, 0.1) is 0 Å². The maximum atomic E-state index is 6.90. The maximum absolute atomic E-state index is 6.90. The molecule has 11 aromatic rings. The SMILES string of the molecule is C=C(/N=C(\N=C(/N)c1ccc2ccccc2c1)c1ccc2c(c1)oc1c(-n3c4ccccc4c4c5ccccc5ccc43)cccc12)c1cccc(-c2ccccc2)c1. The second-order valence-electron chi connectivity index (χ2n) is 14.9. The first-order valence-corrected chi connectivity index (χ1v) is 19.7. The maximum Gasteiger partial charge on any atom is 0.162 e. The molecule has 0 unspecified atom stereocenters. The zero-order chi connectivity index (χ0) is 39.5. The molecule has 9 aromatic carbocycles. The van der Waals surface area contributed by atoms with Gasteiger partial charge in [-0.15, -0.1) is 0 Å². The van der Waals surface area contributed by atoms with Crippen molar-refractivity contribution < 1.29 is 4.42 Å². The summed E-state index contributed by atoms with van der Waals surface area (Å²) < 4.78 is 9.23. The Morgan fingerprint density at radius 3 is 2.05 bits per heavy atom. The van der Waals surface area contributed by atoms with Crippen LogP contribution in [-0.4, -0.2) is 16.2 Å². The summed E-state index contributed by atoms with van der Waals surface area (Å²) >= 11 is 0. The largest absolute Gasteiger partial charge is 0.454 e. The second kappa shape index (κ2) is 13.9. The lowest BCUT2D eigenvalue weighted by molar-refractivity contribution is 0.666. The van der Waals surface area contributed by atoms with Crippen LogP contribution in [-0.2, 0) is 0 Å². The summed E-state index contributed by atoms with van der Waals surface area (Å²) in [4.78, 5) is 10.1. The van der Waals surface area contributed by atoms with E-state index in [0.29, 0.717) is 17.4 Å². The van der Waals surface area contributed by atoms with Gasteiger partial charge in [0.15, 0.2) is 11.4 Å². The Morgan fingerprint density at radius 1 is 0.475 bits per heavy atom. The Kier molecular flexibility index (Phi) is 8.05. The fraction of sp³-hybridized carbons (Fsp3) is 0. The normalized spacial score (nSPS) is 12.4. The minimum Gasteiger partial charge on any atom is -0.454 e. The lowest BCUT2D eigenvalue weighted by atomic mass is 10.0. The average molecular weight is 757 g/mol. The van der Waals surface area contributed by atoms with E-state index in [1.807, 2.05) is 60.7 Å². The van der Waals surface area contributed by atoms with Crippen LogP contribution in [0.2, 0.25) is 0 Å². The Morgan fingerprint density at radius 2 is 1.17 bits per heavy atom. The summed E-state index contributed by atoms with van der Waals surface area (Å²) in [5, 5.41) is 9.11. The molecule has 0 aliphatic carbocycles. The molecule has 2 N–H and O–H groups in total. The molecule has 278 valence electrons. The Hall–Kier alpha value is -8.02. The highest BCUT2D eigenvalue weighted by atomic mass is 16.3. The van der Waals surface area contributed by atoms with Gasteiger partial charge in [-0.2, -0.15) is 0 Å². The Balaban J connectivity index is 1.07. The smallest absolute Gasteiger partial charge is 0.162 e. The van der Waals surface area contributed by atoms with Gasteiger partial charge >= 0.3 is 0 Å². The summed E-state index contributed by atoms with van der Waals surface area (Å²) in [6.07, 6.45) is 0. The predicted octanol–water partition coefficient (Wildman–Crippen LogP) is 13.5. The fourth-order valence-electron chi connectivity index (χ4n) is 8.48. The minimum absolute atomic E-state index is 0.353. The van der Waals surface area contributed by atoms with E-state index in [1.165, 1.54) is 21.5 Å². The van der Waals surface area contributed by atoms with Gasteiger partial charge in [0.1, 0.15) is 11.4 Å². The van der Waals surface area contributed by atoms with Crippen LogP contribution in [0.1, 0.15) is 16.7 Å². The van der Waals surface area contributed by atoms with E-state index in [-0.39, 0.29) is 0 Å². The van der Waals surface area contributed by atoms with Crippen molar-refractivity contribution in [2.24, 2.45) is 15.7 Å². The molecule has 0 aliphatic heterocycles. The van der Waals surface area contributed by atoms with E-state index in [0.717, 1.165) is 77.2 Å². The zero-order valence-corrected chi connectivity index (χ0v) is 32.0. The third kappa shape index (κ3) is 5.87. The van der Waals surface area contributed by atoms with Gasteiger partial charge < -0.3 is 14.7 Å². The van der Waals surface area contributed by atoms with Crippen LogP contribution in [0.5, 0.6) is 0 Å². The van der Waals surface area contributed by atoms with Crippen LogP contribution in [0.15, 0.2) is 215 Å². The number of fused-ring (bicyclic) bond motifs is 9. The molecule has 0 amide bonds. The summed E-state index contributed by atoms with van der Waals surface area (Å²) in [6.45, 7) is 4.43. The van der Waals surface area contributed by atoms with Crippen molar-refractivity contribution in [3.8, 4) is 16.8 Å². The number of hydrogen-bond acceptors (Lipinski definition) is 2. The highest BCUT2D eigenvalue weighted by Crippen LogP contribution is 2.40. The highest BCUT2D eigenvalue weighted by Gasteiger charge is 2.20. The topological polar surface area (TPSA) is 68.8 Å². The minimum atomic E-state index is 0.353. The van der Waals surface area contributed by atoms with Gasteiger partial charge in [0.25, 0.3) is 0 Å². The quantitative estimate of drug-likeness (QED) is 0.136. The fourth-order valence-corrected chi connectivity index (χ4v) is 8.48. The molecule has 5 nitrogen and oxygen atoms in total. The van der Waals surface area contributed by atoms with Gasteiger partial charge in [-0.25, -0.2) is 9.98 Å². The first-order valence-electron chi connectivity index (χ1n) is 19.7. The van der Waals surface area contributed by atoms with Gasteiger partial charge in [0.05, 0.1) is 22.4 Å². The number of aliphatic imine (C=N–C) groups is 2. The van der Waals surface area contributed by atoms with E-state index in [4.69, 9.17) is 20.1 Å². The van der Waals surface area contributed by atoms with E-state index < -0.39 is 0 Å². The number of furan rings is 1. The molecule has 0 bridgehead atoms. The third-order valence-electron chi connectivity index (χ3n) is 11.4. The molecule has 0 radical (unpaired) electrons. The van der Waals surface area contributed by atoms with Gasteiger partial charge in [-0.1, -0.05) is 158 Å².